The number of aromatic nitrogens is 1. The monoisotopic (exact) mass is 350 g/mol. The third-order valence-electron chi connectivity index (χ3n) is 4.78. The lowest BCUT2D eigenvalue weighted by molar-refractivity contribution is 0.0169. The predicted octanol–water partition coefficient (Wildman–Crippen LogP) is 2.52. The molecule has 0 unspecified atom stereocenters. The number of hydrogen-bond acceptors (Lipinski definition) is 4. The van der Waals surface area contributed by atoms with Crippen LogP contribution in [0.25, 0.3) is 11.1 Å². The summed E-state index contributed by atoms with van der Waals surface area (Å²) in [4.78, 5) is 17.9. The quantitative estimate of drug-likeness (QED) is 0.867. The van der Waals surface area contributed by atoms with Crippen molar-refractivity contribution in [3.05, 3.63) is 54.4 Å². The fraction of sp³-hybridized carbons (Fsp3) is 0.350. The highest BCUT2D eigenvalue weighted by Crippen LogP contribution is 2.40. The van der Waals surface area contributed by atoms with E-state index < -0.39 is 6.04 Å². The molecule has 26 heavy (non-hydrogen) atoms. The molecule has 0 spiro atoms. The molecule has 2 aromatic rings. The summed E-state index contributed by atoms with van der Waals surface area (Å²) in [6.45, 7) is 2.34. The number of pyridine rings is 1. The highest BCUT2D eigenvalue weighted by atomic mass is 16.3. The van der Waals surface area contributed by atoms with E-state index in [1.165, 1.54) is 4.90 Å². The van der Waals surface area contributed by atoms with E-state index in [4.69, 9.17) is 0 Å². The topological polar surface area (TPSA) is 89.3 Å². The van der Waals surface area contributed by atoms with Gasteiger partial charge in [0.05, 0.1) is 18.7 Å². The van der Waals surface area contributed by atoms with Crippen LogP contribution >= 0.6 is 0 Å². The summed E-state index contributed by atoms with van der Waals surface area (Å²) < 4.78 is 0. The maximum Gasteiger partial charge on any atom is 0.318 e. The van der Waals surface area contributed by atoms with Crippen molar-refractivity contribution in [2.45, 2.75) is 31.3 Å². The van der Waals surface area contributed by atoms with Gasteiger partial charge >= 0.3 is 6.03 Å². The minimum absolute atomic E-state index is 0.174. The molecule has 134 valence electrons. The number of amides is 2. The van der Waals surface area contributed by atoms with E-state index in [0.29, 0.717) is 6.54 Å². The molecule has 0 bridgehead atoms. The summed E-state index contributed by atoms with van der Waals surface area (Å²) in [7, 11) is 0. The summed E-state index contributed by atoms with van der Waals surface area (Å²) in [6.07, 6.45) is 4.35. The molecule has 2 N–H and O–H groups in total. The maximum atomic E-state index is 12.3. The van der Waals surface area contributed by atoms with Crippen molar-refractivity contribution >= 4 is 6.03 Å². The number of urea groups is 1. The number of nitriles is 1. The SMILES string of the molecule is CCCNC(=O)N1[C@H](C#N)[C@H](c2ccc(-c3cccnc3)cc2)[C@@H]1CO. The largest absolute Gasteiger partial charge is 0.394 e. The minimum Gasteiger partial charge on any atom is -0.394 e. The number of rotatable bonds is 5. The lowest BCUT2D eigenvalue weighted by atomic mass is 9.76. The third kappa shape index (κ3) is 3.26. The van der Waals surface area contributed by atoms with Gasteiger partial charge in [0.2, 0.25) is 0 Å². The zero-order valence-corrected chi connectivity index (χ0v) is 14.7. The van der Waals surface area contributed by atoms with Crippen molar-refractivity contribution in [3.8, 4) is 17.2 Å². The lowest BCUT2D eigenvalue weighted by Crippen LogP contribution is -2.67. The number of nitrogens with zero attached hydrogens (tertiary/aromatic N) is 3. The fourth-order valence-corrected chi connectivity index (χ4v) is 3.44. The van der Waals surface area contributed by atoms with E-state index in [1.54, 1.807) is 12.4 Å². The first-order valence-electron chi connectivity index (χ1n) is 8.78. The second-order valence-corrected chi connectivity index (χ2v) is 6.35. The van der Waals surface area contributed by atoms with Gasteiger partial charge in [-0.05, 0) is 29.2 Å². The van der Waals surface area contributed by atoms with Crippen LogP contribution in [0.3, 0.4) is 0 Å². The molecule has 1 fully saturated rings. The second-order valence-electron chi connectivity index (χ2n) is 6.35. The van der Waals surface area contributed by atoms with Crippen molar-refractivity contribution in [2.75, 3.05) is 13.2 Å². The van der Waals surface area contributed by atoms with Gasteiger partial charge in [0, 0.05) is 24.9 Å². The Morgan fingerprint density at radius 1 is 1.31 bits per heavy atom. The molecular formula is C20H22N4O2. The van der Waals surface area contributed by atoms with Crippen LogP contribution in [-0.4, -0.2) is 46.3 Å². The Morgan fingerprint density at radius 3 is 2.65 bits per heavy atom. The molecule has 1 aromatic heterocycles. The van der Waals surface area contributed by atoms with Crippen LogP contribution in [0, 0.1) is 11.3 Å². The van der Waals surface area contributed by atoms with Crippen molar-refractivity contribution < 1.29 is 9.90 Å². The summed E-state index contributed by atoms with van der Waals surface area (Å²) in [5, 5.41) is 22.1. The van der Waals surface area contributed by atoms with Crippen LogP contribution in [0.4, 0.5) is 4.79 Å². The first kappa shape index (κ1) is 17.9. The number of carbonyl (C=O) groups is 1. The molecular weight excluding hydrogens is 328 g/mol. The van der Waals surface area contributed by atoms with Gasteiger partial charge in [0.1, 0.15) is 6.04 Å². The number of hydrogen-bond donors (Lipinski definition) is 2. The Balaban J connectivity index is 1.80. The molecule has 0 radical (unpaired) electrons. The maximum absolute atomic E-state index is 12.3. The Kier molecular flexibility index (Phi) is 5.49. The fourth-order valence-electron chi connectivity index (χ4n) is 3.44. The van der Waals surface area contributed by atoms with E-state index in [0.717, 1.165) is 23.1 Å². The molecule has 3 rings (SSSR count). The number of benzene rings is 1. The Labute approximate surface area is 153 Å². The number of carbonyl (C=O) groups excluding carboxylic acids is 1. The zero-order valence-electron chi connectivity index (χ0n) is 14.7. The average Bonchev–Trinajstić information content (AvgIpc) is 2.67. The highest BCUT2D eigenvalue weighted by Gasteiger charge is 2.51. The van der Waals surface area contributed by atoms with Crippen LogP contribution in [0.15, 0.2) is 48.8 Å². The molecule has 0 saturated carbocycles. The first-order chi connectivity index (χ1) is 12.7. The molecule has 3 atom stereocenters. The predicted molar refractivity (Wildman–Crippen MR) is 98.2 cm³/mol. The molecule has 1 aliphatic heterocycles. The van der Waals surface area contributed by atoms with Gasteiger partial charge in [0.15, 0.2) is 0 Å². The van der Waals surface area contributed by atoms with Gasteiger partial charge in [-0.25, -0.2) is 4.79 Å². The van der Waals surface area contributed by atoms with Gasteiger partial charge in [-0.15, -0.1) is 0 Å². The van der Waals surface area contributed by atoms with E-state index in [-0.39, 0.29) is 24.6 Å². The average molecular weight is 350 g/mol. The zero-order chi connectivity index (χ0) is 18.5. The van der Waals surface area contributed by atoms with Gasteiger partial charge in [-0.2, -0.15) is 5.26 Å². The second kappa shape index (κ2) is 7.98. The minimum atomic E-state index is -0.576. The van der Waals surface area contributed by atoms with Crippen molar-refractivity contribution in [1.82, 2.24) is 15.2 Å². The standard InChI is InChI=1S/C20H22N4O2/c1-2-9-23-20(26)24-17(11-21)19(18(24)13-25)15-7-5-14(6-8-15)16-4-3-10-22-12-16/h3-8,10,12,17-19,25H,2,9,13H2,1H3,(H,23,26)/t17-,18+,19+/m1/s1. The van der Waals surface area contributed by atoms with Crippen molar-refractivity contribution in [3.63, 3.8) is 0 Å². The van der Waals surface area contributed by atoms with E-state index in [2.05, 4.69) is 16.4 Å². The lowest BCUT2D eigenvalue weighted by Gasteiger charge is -2.51. The first-order valence-corrected chi connectivity index (χ1v) is 8.78. The Morgan fingerprint density at radius 2 is 2.08 bits per heavy atom. The molecule has 1 aromatic carbocycles. The number of aliphatic hydroxyl groups excluding tert-OH is 1. The molecule has 0 aliphatic carbocycles. The highest BCUT2D eigenvalue weighted by molar-refractivity contribution is 5.77. The molecule has 2 heterocycles. The normalized spacial score (nSPS) is 21.6. The molecule has 1 aliphatic rings. The smallest absolute Gasteiger partial charge is 0.318 e. The van der Waals surface area contributed by atoms with E-state index >= 15 is 0 Å². The van der Waals surface area contributed by atoms with Gasteiger partial charge in [0.25, 0.3) is 0 Å². The van der Waals surface area contributed by atoms with E-state index in [9.17, 15) is 15.2 Å². The van der Waals surface area contributed by atoms with Gasteiger partial charge < -0.3 is 15.3 Å². The van der Waals surface area contributed by atoms with Gasteiger partial charge in [-0.1, -0.05) is 37.3 Å². The molecule has 1 saturated heterocycles. The number of likely N-dealkylation sites (tertiary alicyclic amines) is 1. The number of nitrogens with one attached hydrogen (secondary N) is 1. The van der Waals surface area contributed by atoms with Crippen molar-refractivity contribution in [2.24, 2.45) is 0 Å². The summed E-state index contributed by atoms with van der Waals surface area (Å²) in [6, 6.07) is 12.7. The molecule has 6 heteroatoms. The summed E-state index contributed by atoms with van der Waals surface area (Å²) >= 11 is 0. The Bertz CT molecular complexity index is 786. The Hall–Kier alpha value is -2.91. The van der Waals surface area contributed by atoms with E-state index in [1.807, 2.05) is 43.3 Å². The molecule has 2 amide bonds. The number of aliphatic hydroxyl groups is 1. The van der Waals surface area contributed by atoms with Crippen molar-refractivity contribution in [1.29, 1.82) is 5.26 Å². The molecule has 6 nitrogen and oxygen atoms in total. The summed E-state index contributed by atoms with van der Waals surface area (Å²) in [5.41, 5.74) is 3.00. The van der Waals surface area contributed by atoms with Crippen LogP contribution in [-0.2, 0) is 0 Å². The van der Waals surface area contributed by atoms with Crippen LogP contribution in [0.5, 0.6) is 0 Å². The van der Waals surface area contributed by atoms with Crippen LogP contribution in [0.2, 0.25) is 0 Å². The summed E-state index contributed by atoms with van der Waals surface area (Å²) in [5.74, 6) is -0.194. The van der Waals surface area contributed by atoms with Crippen LogP contribution < -0.4 is 5.32 Å². The van der Waals surface area contributed by atoms with Crippen LogP contribution in [0.1, 0.15) is 24.8 Å². The van der Waals surface area contributed by atoms with Gasteiger partial charge in [-0.3, -0.25) is 4.98 Å². The third-order valence-corrected chi connectivity index (χ3v) is 4.78.